The molecule has 0 unspecified atom stereocenters. The average molecular weight is 341 g/mol. The smallest absolute Gasteiger partial charge is 0.326 e. The summed E-state index contributed by atoms with van der Waals surface area (Å²) in [6.45, 7) is 1.99. The number of aliphatic carboxylic acids is 1. The van der Waals surface area contributed by atoms with Crippen molar-refractivity contribution in [2.24, 2.45) is 0 Å². The number of carboxylic acids is 1. The first-order valence-corrected chi connectivity index (χ1v) is 8.68. The van der Waals surface area contributed by atoms with E-state index in [2.05, 4.69) is 0 Å². The van der Waals surface area contributed by atoms with Crippen LogP contribution in [0.15, 0.2) is 22.4 Å². The molecule has 1 atom stereocenters. The molecule has 4 nitrogen and oxygen atoms in total. The van der Waals surface area contributed by atoms with Crippen molar-refractivity contribution < 1.29 is 14.7 Å². The molecule has 0 saturated carbocycles. The van der Waals surface area contributed by atoms with Gasteiger partial charge in [-0.15, -0.1) is 11.3 Å². The van der Waals surface area contributed by atoms with Gasteiger partial charge < -0.3 is 5.11 Å². The van der Waals surface area contributed by atoms with E-state index < -0.39 is 12.0 Å². The van der Waals surface area contributed by atoms with Gasteiger partial charge in [0.2, 0.25) is 0 Å². The molecule has 0 aliphatic carbocycles. The first-order chi connectivity index (χ1) is 10.0. The number of hydrogen-bond acceptors (Lipinski definition) is 5. The summed E-state index contributed by atoms with van der Waals surface area (Å²) >= 11 is 7.90. The van der Waals surface area contributed by atoms with Gasteiger partial charge in [0.05, 0.1) is 4.91 Å². The van der Waals surface area contributed by atoms with Crippen LogP contribution in [-0.2, 0) is 9.59 Å². The Balaban J connectivity index is 2.22. The first kappa shape index (κ1) is 16.2. The van der Waals surface area contributed by atoms with Crippen LogP contribution in [0.5, 0.6) is 0 Å². The Morgan fingerprint density at radius 2 is 2.33 bits per heavy atom. The van der Waals surface area contributed by atoms with Gasteiger partial charge in [-0.2, -0.15) is 0 Å². The Morgan fingerprint density at radius 1 is 1.57 bits per heavy atom. The van der Waals surface area contributed by atoms with E-state index in [0.717, 1.165) is 17.7 Å². The van der Waals surface area contributed by atoms with Gasteiger partial charge in [-0.3, -0.25) is 9.69 Å². The van der Waals surface area contributed by atoms with Gasteiger partial charge in [-0.25, -0.2) is 4.79 Å². The van der Waals surface area contributed by atoms with Gasteiger partial charge in [0, 0.05) is 4.88 Å². The zero-order valence-electron chi connectivity index (χ0n) is 11.4. The number of hydrogen-bond donors (Lipinski definition) is 1. The van der Waals surface area contributed by atoms with E-state index in [-0.39, 0.29) is 5.91 Å². The summed E-state index contributed by atoms with van der Waals surface area (Å²) in [5.41, 5.74) is 0. The molecule has 0 spiro atoms. The molecule has 1 N–H and O–H groups in total. The zero-order chi connectivity index (χ0) is 15.4. The lowest BCUT2D eigenvalue weighted by Crippen LogP contribution is -2.43. The lowest BCUT2D eigenvalue weighted by Gasteiger charge is -2.22. The molecule has 2 rings (SSSR count). The van der Waals surface area contributed by atoms with Crippen molar-refractivity contribution in [2.75, 3.05) is 0 Å². The third-order valence-corrected chi connectivity index (χ3v) is 5.22. The Labute approximate surface area is 136 Å². The second kappa shape index (κ2) is 7.20. The van der Waals surface area contributed by atoms with Crippen molar-refractivity contribution in [3.8, 4) is 0 Å². The van der Waals surface area contributed by atoms with Gasteiger partial charge in [-0.1, -0.05) is 49.8 Å². The Bertz CT molecular complexity index is 580. The third-order valence-electron chi connectivity index (χ3n) is 3.07. The summed E-state index contributed by atoms with van der Waals surface area (Å²) in [6, 6.07) is 2.94. The molecule has 1 aromatic heterocycles. The minimum absolute atomic E-state index is 0.304. The second-order valence-corrected chi connectivity index (χ2v) is 7.22. The van der Waals surface area contributed by atoms with E-state index in [4.69, 9.17) is 12.2 Å². The molecule has 1 aliphatic heterocycles. The predicted octanol–water partition coefficient (Wildman–Crippen LogP) is 3.59. The number of rotatable bonds is 6. The first-order valence-electron chi connectivity index (χ1n) is 6.58. The fourth-order valence-electron chi connectivity index (χ4n) is 2.01. The van der Waals surface area contributed by atoms with Crippen LogP contribution in [0, 0.1) is 0 Å². The summed E-state index contributed by atoms with van der Waals surface area (Å²) in [5, 5.41) is 11.3. The molecule has 0 bridgehead atoms. The van der Waals surface area contributed by atoms with Crippen LogP contribution in [0.2, 0.25) is 0 Å². The molecule has 2 heterocycles. The number of carbonyl (C=O) groups excluding carboxylic acids is 1. The fraction of sp³-hybridized carbons (Fsp3) is 0.357. The number of amides is 1. The maximum atomic E-state index is 12.4. The standard InChI is InChI=1S/C14H15NO3S3/c1-2-3-6-10(13(17)18)15-12(16)11(21-14(15)19)8-9-5-4-7-20-9/h4-5,7-8,10H,2-3,6H2,1H3,(H,17,18)/b11-8+/t10-/m0/s1. The SMILES string of the molecule is CCCC[C@@H](C(=O)O)N1C(=O)/C(=C\c2cccs2)SC1=S. The monoisotopic (exact) mass is 341 g/mol. The van der Waals surface area contributed by atoms with Crippen molar-refractivity contribution in [1.29, 1.82) is 0 Å². The van der Waals surface area contributed by atoms with Crippen molar-refractivity contribution >= 4 is 57.6 Å². The summed E-state index contributed by atoms with van der Waals surface area (Å²) in [6.07, 6.45) is 3.81. The zero-order valence-corrected chi connectivity index (χ0v) is 13.9. The molecule has 7 heteroatoms. The van der Waals surface area contributed by atoms with Crippen molar-refractivity contribution in [3.05, 3.63) is 27.3 Å². The topological polar surface area (TPSA) is 57.6 Å². The van der Waals surface area contributed by atoms with E-state index in [1.165, 1.54) is 28.0 Å². The molecule has 0 aromatic carbocycles. The molecule has 1 saturated heterocycles. The summed E-state index contributed by atoms with van der Waals surface area (Å²) < 4.78 is 0.325. The molecule has 1 fully saturated rings. The van der Waals surface area contributed by atoms with Gasteiger partial charge >= 0.3 is 5.97 Å². The van der Waals surface area contributed by atoms with Crippen molar-refractivity contribution in [3.63, 3.8) is 0 Å². The van der Waals surface area contributed by atoms with Crippen LogP contribution in [0.1, 0.15) is 31.1 Å². The number of nitrogens with zero attached hydrogens (tertiary/aromatic N) is 1. The number of thiocarbonyl (C=S) groups is 1. The van der Waals surface area contributed by atoms with Crippen LogP contribution < -0.4 is 0 Å². The van der Waals surface area contributed by atoms with Crippen LogP contribution in [0.4, 0.5) is 0 Å². The minimum Gasteiger partial charge on any atom is -0.480 e. The minimum atomic E-state index is -1.00. The predicted molar refractivity (Wildman–Crippen MR) is 90.3 cm³/mol. The van der Waals surface area contributed by atoms with Crippen LogP contribution in [0.3, 0.4) is 0 Å². The summed E-state index contributed by atoms with van der Waals surface area (Å²) in [7, 11) is 0. The van der Waals surface area contributed by atoms with Gasteiger partial charge in [0.15, 0.2) is 0 Å². The van der Waals surface area contributed by atoms with Gasteiger partial charge in [0.1, 0.15) is 10.4 Å². The van der Waals surface area contributed by atoms with E-state index in [1.807, 2.05) is 24.4 Å². The van der Waals surface area contributed by atoms with Gasteiger partial charge in [-0.05, 0) is 23.9 Å². The van der Waals surface area contributed by atoms with Crippen LogP contribution in [0.25, 0.3) is 6.08 Å². The maximum Gasteiger partial charge on any atom is 0.326 e. The van der Waals surface area contributed by atoms with E-state index in [1.54, 1.807) is 6.08 Å². The lowest BCUT2D eigenvalue weighted by molar-refractivity contribution is -0.145. The quantitative estimate of drug-likeness (QED) is 0.633. The second-order valence-electron chi connectivity index (χ2n) is 4.56. The highest BCUT2D eigenvalue weighted by Crippen LogP contribution is 2.35. The number of carbonyl (C=O) groups is 2. The molecule has 1 aromatic rings. The Kier molecular flexibility index (Phi) is 5.55. The molecular weight excluding hydrogens is 326 g/mol. The lowest BCUT2D eigenvalue weighted by atomic mass is 10.1. The third kappa shape index (κ3) is 3.72. The van der Waals surface area contributed by atoms with E-state index in [9.17, 15) is 14.7 Å². The van der Waals surface area contributed by atoms with Crippen molar-refractivity contribution in [2.45, 2.75) is 32.2 Å². The Hall–Kier alpha value is -1.18. The fourth-order valence-corrected chi connectivity index (χ4v) is 4.09. The summed E-state index contributed by atoms with van der Waals surface area (Å²) in [4.78, 5) is 26.6. The molecule has 1 amide bonds. The molecular formula is C14H15NO3S3. The maximum absolute atomic E-state index is 12.4. The molecule has 0 radical (unpaired) electrons. The molecule has 112 valence electrons. The number of carboxylic acid groups (broad SMARTS) is 1. The van der Waals surface area contributed by atoms with E-state index >= 15 is 0 Å². The largest absolute Gasteiger partial charge is 0.480 e. The van der Waals surface area contributed by atoms with Gasteiger partial charge in [0.25, 0.3) is 5.91 Å². The summed E-state index contributed by atoms with van der Waals surface area (Å²) in [5.74, 6) is -1.31. The number of thioether (sulfide) groups is 1. The highest BCUT2D eigenvalue weighted by molar-refractivity contribution is 8.26. The van der Waals surface area contributed by atoms with E-state index in [0.29, 0.717) is 15.6 Å². The highest BCUT2D eigenvalue weighted by Gasteiger charge is 2.40. The van der Waals surface area contributed by atoms with Crippen LogP contribution in [-0.4, -0.2) is 32.2 Å². The normalized spacial score (nSPS) is 18.5. The van der Waals surface area contributed by atoms with Crippen molar-refractivity contribution in [1.82, 2.24) is 4.90 Å². The number of thiophene rings is 1. The average Bonchev–Trinajstić information content (AvgIpc) is 3.02. The molecule has 21 heavy (non-hydrogen) atoms. The number of unbranched alkanes of at least 4 members (excludes halogenated alkanes) is 1. The van der Waals surface area contributed by atoms with Crippen LogP contribution >= 0.6 is 35.3 Å². The molecule has 1 aliphatic rings. The highest BCUT2D eigenvalue weighted by atomic mass is 32.2. The Morgan fingerprint density at radius 3 is 2.90 bits per heavy atom.